The molecule has 0 bridgehead atoms. The molecule has 0 spiro atoms. The highest BCUT2D eigenvalue weighted by molar-refractivity contribution is 5.78. The molecule has 0 atom stereocenters. The van der Waals surface area contributed by atoms with Crippen molar-refractivity contribution in [3.8, 4) is 5.82 Å². The Hall–Kier alpha value is -2.89. The third-order valence-corrected chi connectivity index (χ3v) is 8.95. The molecule has 9 nitrogen and oxygen atoms in total. The molecule has 1 saturated heterocycles. The lowest BCUT2D eigenvalue weighted by atomic mass is 9.85. The van der Waals surface area contributed by atoms with Gasteiger partial charge in [0, 0.05) is 44.4 Å². The van der Waals surface area contributed by atoms with Crippen LogP contribution in [0.1, 0.15) is 50.8 Å². The number of para-hydroxylation sites is 2. The largest absolute Gasteiger partial charge is 0.383 e. The van der Waals surface area contributed by atoms with Crippen molar-refractivity contribution in [2.24, 2.45) is 5.92 Å². The number of nitrogens with zero attached hydrogens (tertiary/aromatic N) is 6. The molecule has 3 aliphatic rings. The quantitative estimate of drug-likeness (QED) is 0.387. The first-order valence-electron chi connectivity index (χ1n) is 14.4. The van der Waals surface area contributed by atoms with Gasteiger partial charge in [-0.05, 0) is 63.6 Å². The second-order valence-electron chi connectivity index (χ2n) is 11.4. The van der Waals surface area contributed by atoms with E-state index in [1.807, 2.05) is 6.07 Å². The van der Waals surface area contributed by atoms with Gasteiger partial charge in [0.2, 0.25) is 5.95 Å². The maximum absolute atomic E-state index is 14.1. The number of halogens is 2. The van der Waals surface area contributed by atoms with Gasteiger partial charge in [-0.1, -0.05) is 12.1 Å². The molecule has 0 radical (unpaired) electrons. The van der Waals surface area contributed by atoms with Gasteiger partial charge in [-0.2, -0.15) is 9.97 Å². The molecular weight excluding hydrogens is 516 g/mol. The molecule has 1 aromatic carbocycles. The highest BCUT2D eigenvalue weighted by Gasteiger charge is 2.48. The van der Waals surface area contributed by atoms with Crippen LogP contribution in [0.3, 0.4) is 0 Å². The van der Waals surface area contributed by atoms with Gasteiger partial charge in [0.1, 0.15) is 11.6 Å². The molecule has 0 unspecified atom stereocenters. The van der Waals surface area contributed by atoms with E-state index in [2.05, 4.69) is 27.1 Å². The lowest BCUT2D eigenvalue weighted by Gasteiger charge is -2.39. The Bertz CT molecular complexity index is 1300. The number of hydrogen-bond acceptors (Lipinski definition) is 8. The zero-order valence-electron chi connectivity index (χ0n) is 23.4. The first-order chi connectivity index (χ1) is 19.5. The Morgan fingerprint density at radius 1 is 1.07 bits per heavy atom. The average Bonchev–Trinajstić information content (AvgIpc) is 3.66. The van der Waals surface area contributed by atoms with E-state index in [0.717, 1.165) is 38.8 Å². The second-order valence-corrected chi connectivity index (χ2v) is 11.4. The summed E-state index contributed by atoms with van der Waals surface area (Å²) < 4.78 is 40.7. The van der Waals surface area contributed by atoms with Crippen molar-refractivity contribution >= 4 is 22.8 Å². The molecule has 2 aliphatic carbocycles. The number of imidazole rings is 1. The van der Waals surface area contributed by atoms with Crippen LogP contribution in [-0.4, -0.2) is 89.6 Å². The number of alkyl halides is 2. The number of likely N-dealkylation sites (N-methyl/N-ethyl adjacent to an activating group) is 1. The Kier molecular flexibility index (Phi) is 7.87. The summed E-state index contributed by atoms with van der Waals surface area (Å²) in [6.07, 6.45) is 4.28. The summed E-state index contributed by atoms with van der Waals surface area (Å²) in [5.74, 6) is 1.73. The minimum absolute atomic E-state index is 0.239. The molecule has 216 valence electrons. The van der Waals surface area contributed by atoms with Gasteiger partial charge in [0.25, 0.3) is 6.43 Å². The summed E-state index contributed by atoms with van der Waals surface area (Å²) >= 11 is 0. The maximum Gasteiger partial charge on any atom is 0.296 e. The average molecular weight is 556 g/mol. The number of rotatable bonds is 10. The number of morpholine rings is 1. The number of methoxy groups -OCH3 is 1. The monoisotopic (exact) mass is 555 g/mol. The zero-order chi connectivity index (χ0) is 27.7. The van der Waals surface area contributed by atoms with Crippen LogP contribution >= 0.6 is 0 Å². The van der Waals surface area contributed by atoms with E-state index in [4.69, 9.17) is 19.4 Å². The van der Waals surface area contributed by atoms with Crippen LogP contribution in [0.2, 0.25) is 0 Å². The maximum atomic E-state index is 14.1. The molecule has 40 heavy (non-hydrogen) atoms. The fourth-order valence-corrected chi connectivity index (χ4v) is 6.37. The number of ether oxygens (including phenoxy) is 2. The van der Waals surface area contributed by atoms with Crippen LogP contribution in [-0.2, 0) is 9.47 Å². The van der Waals surface area contributed by atoms with Gasteiger partial charge < -0.3 is 19.7 Å². The summed E-state index contributed by atoms with van der Waals surface area (Å²) in [4.78, 5) is 18.5. The van der Waals surface area contributed by atoms with Crippen molar-refractivity contribution in [1.82, 2.24) is 24.4 Å². The molecule has 3 heterocycles. The molecule has 1 N–H and O–H groups in total. The van der Waals surface area contributed by atoms with Gasteiger partial charge in [-0.15, -0.1) is 0 Å². The molecule has 3 aromatic rings. The first-order valence-corrected chi connectivity index (χ1v) is 14.4. The normalized spacial score (nSPS) is 22.8. The van der Waals surface area contributed by atoms with Crippen LogP contribution in [0, 0.1) is 5.92 Å². The van der Waals surface area contributed by atoms with E-state index in [0.29, 0.717) is 66.9 Å². The molecular formula is C29H39F2N7O2. The fourth-order valence-electron chi connectivity index (χ4n) is 6.37. The number of hydrogen-bond donors (Lipinski definition) is 1. The second kappa shape index (κ2) is 11.5. The van der Waals surface area contributed by atoms with Crippen LogP contribution in [0.25, 0.3) is 16.9 Å². The molecule has 1 aliphatic heterocycles. The smallest absolute Gasteiger partial charge is 0.296 e. The van der Waals surface area contributed by atoms with Crippen LogP contribution in [0.5, 0.6) is 0 Å². The Balaban J connectivity index is 1.21. The summed E-state index contributed by atoms with van der Waals surface area (Å²) in [5.41, 5.74) is 1.35. The highest BCUT2D eigenvalue weighted by Crippen LogP contribution is 2.44. The third kappa shape index (κ3) is 5.51. The first kappa shape index (κ1) is 27.3. The SMILES string of the molecule is COCC1(N(C)C2CCC(CNc3nc(N4CCOCC4)cc(-n4c(C(F)F)nc5ccccc54)n3)CC2)CC1. The molecule has 2 aromatic heterocycles. The number of aromatic nitrogens is 4. The van der Waals surface area contributed by atoms with Crippen molar-refractivity contribution in [2.75, 3.05) is 63.8 Å². The molecule has 11 heteroatoms. The van der Waals surface area contributed by atoms with E-state index < -0.39 is 6.43 Å². The topological polar surface area (TPSA) is 80.6 Å². The third-order valence-electron chi connectivity index (χ3n) is 8.95. The van der Waals surface area contributed by atoms with E-state index in [9.17, 15) is 8.78 Å². The van der Waals surface area contributed by atoms with Crippen molar-refractivity contribution in [1.29, 1.82) is 0 Å². The molecule has 0 amide bonds. The number of anilines is 2. The van der Waals surface area contributed by atoms with Gasteiger partial charge in [-0.25, -0.2) is 13.8 Å². The highest BCUT2D eigenvalue weighted by atomic mass is 19.3. The zero-order valence-corrected chi connectivity index (χ0v) is 23.4. The summed E-state index contributed by atoms with van der Waals surface area (Å²) in [7, 11) is 4.05. The van der Waals surface area contributed by atoms with Crippen LogP contribution in [0.15, 0.2) is 30.3 Å². The van der Waals surface area contributed by atoms with Gasteiger partial charge in [0.05, 0.1) is 30.9 Å². The molecule has 3 fully saturated rings. The predicted octanol–water partition coefficient (Wildman–Crippen LogP) is 4.67. The lowest BCUT2D eigenvalue weighted by molar-refractivity contribution is 0.0467. The standard InChI is InChI=1S/C29H39F2N7O2/c1-36(29(11-12-29)19-39-2)21-9-7-20(8-10-21)18-32-28-34-24(37-13-15-40-16-14-37)17-25(35-28)38-23-6-4-3-5-22(23)33-27(38)26(30)31/h3-6,17,20-21,26H,7-16,18-19H2,1-2H3,(H,32,34,35). The minimum Gasteiger partial charge on any atom is -0.383 e. The number of benzene rings is 1. The van der Waals surface area contributed by atoms with E-state index in [1.165, 1.54) is 17.4 Å². The van der Waals surface area contributed by atoms with Gasteiger partial charge in [0.15, 0.2) is 5.82 Å². The number of nitrogens with one attached hydrogen (secondary N) is 1. The van der Waals surface area contributed by atoms with E-state index in [-0.39, 0.29) is 11.4 Å². The van der Waals surface area contributed by atoms with Crippen LogP contribution < -0.4 is 10.2 Å². The Morgan fingerprint density at radius 2 is 1.80 bits per heavy atom. The minimum atomic E-state index is -2.74. The Labute approximate surface area is 233 Å². The predicted molar refractivity (Wildman–Crippen MR) is 150 cm³/mol. The lowest BCUT2D eigenvalue weighted by Crippen LogP contribution is -2.46. The van der Waals surface area contributed by atoms with Gasteiger partial charge in [-0.3, -0.25) is 9.47 Å². The fraction of sp³-hybridized carbons (Fsp3) is 0.621. The van der Waals surface area contributed by atoms with Crippen molar-refractivity contribution in [2.45, 2.75) is 56.5 Å². The molecule has 6 rings (SSSR count). The summed E-state index contributed by atoms with van der Waals surface area (Å²) in [6.45, 7) is 4.12. The summed E-state index contributed by atoms with van der Waals surface area (Å²) in [5, 5.41) is 3.46. The van der Waals surface area contributed by atoms with Gasteiger partial charge >= 0.3 is 0 Å². The van der Waals surface area contributed by atoms with E-state index in [1.54, 1.807) is 31.4 Å². The number of fused-ring (bicyclic) bond motifs is 1. The van der Waals surface area contributed by atoms with E-state index >= 15 is 0 Å². The summed E-state index contributed by atoms with van der Waals surface area (Å²) in [6, 6.07) is 9.54. The van der Waals surface area contributed by atoms with Crippen LogP contribution in [0.4, 0.5) is 20.5 Å². The van der Waals surface area contributed by atoms with Crippen molar-refractivity contribution < 1.29 is 18.3 Å². The Morgan fingerprint density at radius 3 is 2.50 bits per heavy atom. The van der Waals surface area contributed by atoms with Crippen molar-refractivity contribution in [3.05, 3.63) is 36.2 Å². The van der Waals surface area contributed by atoms with Crippen molar-refractivity contribution in [3.63, 3.8) is 0 Å². The molecule has 2 saturated carbocycles.